The number of hydrogen-bond acceptors (Lipinski definition) is 3. The van der Waals surface area contributed by atoms with Crippen LogP contribution in [0.2, 0.25) is 0 Å². The summed E-state index contributed by atoms with van der Waals surface area (Å²) in [5.41, 5.74) is -1.50. The third-order valence-corrected chi connectivity index (χ3v) is 3.50. The molecule has 9 heteroatoms. The molecule has 1 amide bonds. The van der Waals surface area contributed by atoms with Gasteiger partial charge in [-0.3, -0.25) is 9.59 Å². The molecule has 2 aromatic carbocycles. The highest BCUT2D eigenvalue weighted by Crippen LogP contribution is 2.32. The number of halogens is 5. The zero-order chi connectivity index (χ0) is 20.0. The molecule has 0 aliphatic heterocycles. The van der Waals surface area contributed by atoms with E-state index in [4.69, 9.17) is 4.74 Å². The van der Waals surface area contributed by atoms with Crippen molar-refractivity contribution in [2.45, 2.75) is 19.2 Å². The van der Waals surface area contributed by atoms with E-state index in [9.17, 15) is 31.5 Å². The number of carbonyl (C=O) groups is 2. The summed E-state index contributed by atoms with van der Waals surface area (Å²) >= 11 is 0. The fourth-order valence-electron chi connectivity index (χ4n) is 2.20. The summed E-state index contributed by atoms with van der Waals surface area (Å²) in [6.07, 6.45) is -4.90. The van der Waals surface area contributed by atoms with Crippen LogP contribution >= 0.6 is 0 Å². The number of alkyl halides is 3. The van der Waals surface area contributed by atoms with Gasteiger partial charge in [0.1, 0.15) is 18.2 Å². The average molecular weight is 387 g/mol. The average Bonchev–Trinajstić information content (AvgIpc) is 2.59. The van der Waals surface area contributed by atoms with Crippen LogP contribution in [0.4, 0.5) is 22.0 Å². The molecule has 0 radical (unpaired) electrons. The summed E-state index contributed by atoms with van der Waals surface area (Å²) in [5, 5.41) is 2.24. The maximum atomic E-state index is 13.4. The van der Waals surface area contributed by atoms with Crippen molar-refractivity contribution in [3.05, 3.63) is 70.8 Å². The molecule has 0 fully saturated rings. The monoisotopic (exact) mass is 387 g/mol. The Bertz CT molecular complexity index is 836. The predicted octanol–water partition coefficient (Wildman–Crippen LogP) is 3.85. The quantitative estimate of drug-likeness (QED) is 0.605. The predicted molar refractivity (Wildman–Crippen MR) is 84.5 cm³/mol. The zero-order valence-electron chi connectivity index (χ0n) is 13.8. The molecule has 0 aliphatic rings. The van der Waals surface area contributed by atoms with Crippen LogP contribution in [-0.4, -0.2) is 18.4 Å². The normalized spacial score (nSPS) is 11.1. The molecule has 2 aromatic rings. The zero-order valence-corrected chi connectivity index (χ0v) is 13.8. The van der Waals surface area contributed by atoms with Gasteiger partial charge < -0.3 is 10.1 Å². The van der Waals surface area contributed by atoms with Gasteiger partial charge in [-0.25, -0.2) is 8.78 Å². The van der Waals surface area contributed by atoms with Crippen LogP contribution in [0.3, 0.4) is 0 Å². The molecular formula is C18H14F5NO3. The molecule has 2 rings (SSSR count). The smallest absolute Gasteiger partial charge is 0.416 e. The fourth-order valence-corrected chi connectivity index (χ4v) is 2.20. The third-order valence-electron chi connectivity index (χ3n) is 3.50. The van der Waals surface area contributed by atoms with Gasteiger partial charge in [-0.2, -0.15) is 13.2 Å². The third kappa shape index (κ3) is 5.77. The lowest BCUT2D eigenvalue weighted by molar-refractivity contribution is -0.147. The van der Waals surface area contributed by atoms with Crippen LogP contribution in [-0.2, 0) is 22.3 Å². The van der Waals surface area contributed by atoms with Gasteiger partial charge in [-0.1, -0.05) is 18.2 Å². The van der Waals surface area contributed by atoms with Crippen molar-refractivity contribution >= 4 is 11.9 Å². The number of carbonyl (C=O) groups excluding carboxylic acids is 2. The molecule has 0 aliphatic carbocycles. The van der Waals surface area contributed by atoms with Crippen molar-refractivity contribution in [3.63, 3.8) is 0 Å². The van der Waals surface area contributed by atoms with Crippen molar-refractivity contribution < 1.29 is 36.3 Å². The van der Waals surface area contributed by atoms with E-state index in [1.165, 1.54) is 18.2 Å². The van der Waals surface area contributed by atoms with Crippen LogP contribution < -0.4 is 5.32 Å². The molecule has 0 unspecified atom stereocenters. The summed E-state index contributed by atoms with van der Waals surface area (Å²) in [7, 11) is 0. The maximum absolute atomic E-state index is 13.4. The molecule has 0 aromatic heterocycles. The van der Waals surface area contributed by atoms with E-state index in [0.29, 0.717) is 6.07 Å². The number of hydrogen-bond donors (Lipinski definition) is 1. The van der Waals surface area contributed by atoms with Crippen LogP contribution in [0.25, 0.3) is 0 Å². The Kier molecular flexibility index (Phi) is 6.49. The lowest BCUT2D eigenvalue weighted by Gasteiger charge is -2.13. The molecule has 0 atom stereocenters. The van der Waals surface area contributed by atoms with E-state index in [-0.39, 0.29) is 18.5 Å². The van der Waals surface area contributed by atoms with Crippen molar-refractivity contribution in [1.29, 1.82) is 0 Å². The summed E-state index contributed by atoms with van der Waals surface area (Å²) in [4.78, 5) is 23.4. The van der Waals surface area contributed by atoms with E-state index >= 15 is 0 Å². The van der Waals surface area contributed by atoms with Gasteiger partial charge >= 0.3 is 12.1 Å². The first-order valence-electron chi connectivity index (χ1n) is 7.72. The number of benzene rings is 2. The Hall–Kier alpha value is -2.97. The van der Waals surface area contributed by atoms with Gasteiger partial charge in [0.2, 0.25) is 0 Å². The minimum Gasteiger partial charge on any atom is -0.461 e. The Labute approximate surface area is 150 Å². The molecular weight excluding hydrogens is 373 g/mol. The molecule has 0 saturated heterocycles. The Morgan fingerprint density at radius 1 is 1.04 bits per heavy atom. The van der Waals surface area contributed by atoms with Crippen LogP contribution in [0, 0.1) is 11.6 Å². The minimum absolute atomic E-state index is 0.198. The molecule has 27 heavy (non-hydrogen) atoms. The van der Waals surface area contributed by atoms with E-state index in [0.717, 1.165) is 18.2 Å². The van der Waals surface area contributed by atoms with Gasteiger partial charge in [0, 0.05) is 18.2 Å². The van der Waals surface area contributed by atoms with E-state index in [2.05, 4.69) is 5.32 Å². The van der Waals surface area contributed by atoms with Crippen LogP contribution in [0.1, 0.15) is 27.9 Å². The molecule has 1 N–H and O–H groups in total. The first kappa shape index (κ1) is 20.3. The van der Waals surface area contributed by atoms with Gasteiger partial charge in [-0.05, 0) is 18.2 Å². The van der Waals surface area contributed by atoms with E-state index < -0.39 is 47.4 Å². The van der Waals surface area contributed by atoms with E-state index in [1.54, 1.807) is 0 Å². The summed E-state index contributed by atoms with van der Waals surface area (Å²) in [6, 6.07) is 7.07. The number of amides is 1. The molecule has 4 nitrogen and oxygen atoms in total. The van der Waals surface area contributed by atoms with Gasteiger partial charge in [0.25, 0.3) is 5.91 Å². The minimum atomic E-state index is -4.57. The molecule has 0 spiro atoms. The van der Waals surface area contributed by atoms with Gasteiger partial charge in [0.05, 0.1) is 17.5 Å². The molecule has 0 bridgehead atoms. The van der Waals surface area contributed by atoms with Crippen LogP contribution in [0.15, 0.2) is 42.5 Å². The highest BCUT2D eigenvalue weighted by atomic mass is 19.4. The van der Waals surface area contributed by atoms with Crippen molar-refractivity contribution in [3.8, 4) is 0 Å². The second-order valence-corrected chi connectivity index (χ2v) is 5.45. The van der Waals surface area contributed by atoms with Crippen LogP contribution in [0.5, 0.6) is 0 Å². The van der Waals surface area contributed by atoms with Gasteiger partial charge in [0.15, 0.2) is 0 Å². The van der Waals surface area contributed by atoms with E-state index in [1.807, 2.05) is 0 Å². The Balaban J connectivity index is 1.83. The first-order chi connectivity index (χ1) is 12.7. The SMILES string of the molecule is O=C(CCNC(=O)c1ccc(F)cc1F)OCc1ccccc1C(F)(F)F. The topological polar surface area (TPSA) is 55.4 Å². The largest absolute Gasteiger partial charge is 0.461 e. The molecule has 0 saturated carbocycles. The molecule has 144 valence electrons. The van der Waals surface area contributed by atoms with Crippen molar-refractivity contribution in [2.75, 3.05) is 6.54 Å². The number of esters is 1. The number of nitrogens with one attached hydrogen (secondary N) is 1. The van der Waals surface area contributed by atoms with Gasteiger partial charge in [-0.15, -0.1) is 0 Å². The standard InChI is InChI=1S/C18H14F5NO3/c19-12-5-6-13(15(20)9-12)17(26)24-8-7-16(25)27-10-11-3-1-2-4-14(11)18(21,22)23/h1-6,9H,7-8,10H2,(H,24,26). The second-order valence-electron chi connectivity index (χ2n) is 5.45. The summed E-state index contributed by atoms with van der Waals surface area (Å²) in [6.45, 7) is -0.801. The number of rotatable bonds is 6. The Morgan fingerprint density at radius 2 is 1.74 bits per heavy atom. The lowest BCUT2D eigenvalue weighted by Crippen LogP contribution is -2.27. The summed E-state index contributed by atoms with van der Waals surface area (Å²) < 4.78 is 69.5. The highest BCUT2D eigenvalue weighted by Gasteiger charge is 2.33. The van der Waals surface area contributed by atoms with Crippen molar-refractivity contribution in [2.24, 2.45) is 0 Å². The second kappa shape index (κ2) is 8.61. The highest BCUT2D eigenvalue weighted by molar-refractivity contribution is 5.94. The first-order valence-corrected chi connectivity index (χ1v) is 7.72. The number of ether oxygens (including phenoxy) is 1. The Morgan fingerprint density at radius 3 is 2.41 bits per heavy atom. The summed E-state index contributed by atoms with van der Waals surface area (Å²) in [5.74, 6) is -3.60. The maximum Gasteiger partial charge on any atom is 0.416 e. The molecule has 0 heterocycles. The fraction of sp³-hybridized carbons (Fsp3) is 0.222. The lowest BCUT2D eigenvalue weighted by atomic mass is 10.1. The van der Waals surface area contributed by atoms with Crippen molar-refractivity contribution in [1.82, 2.24) is 5.32 Å².